The van der Waals surface area contributed by atoms with Crippen LogP contribution in [0.15, 0.2) is 34.9 Å². The van der Waals surface area contributed by atoms with Gasteiger partial charge in [-0.25, -0.2) is 4.90 Å². The van der Waals surface area contributed by atoms with Crippen molar-refractivity contribution < 1.29 is 9.59 Å². The highest BCUT2D eigenvalue weighted by Gasteiger charge is 2.50. The zero-order valence-corrected chi connectivity index (χ0v) is 12.8. The van der Waals surface area contributed by atoms with Gasteiger partial charge in [0.2, 0.25) is 11.8 Å². The number of anilines is 1. The summed E-state index contributed by atoms with van der Waals surface area (Å²) in [6, 6.07) is 7.54. The Bertz CT molecular complexity index is 752. The van der Waals surface area contributed by atoms with Crippen LogP contribution in [0, 0.1) is 11.8 Å². The number of benzene rings is 1. The summed E-state index contributed by atoms with van der Waals surface area (Å²) >= 11 is 3.39. The van der Waals surface area contributed by atoms with Gasteiger partial charge < -0.3 is 0 Å². The molecule has 2 fully saturated rings. The summed E-state index contributed by atoms with van der Waals surface area (Å²) in [7, 11) is 0. The van der Waals surface area contributed by atoms with Gasteiger partial charge in [-0.3, -0.25) is 14.6 Å². The number of amides is 2. The Balaban J connectivity index is 1.87. The van der Waals surface area contributed by atoms with Crippen molar-refractivity contribution in [1.82, 2.24) is 4.98 Å². The Morgan fingerprint density at radius 1 is 1.14 bits per heavy atom. The van der Waals surface area contributed by atoms with E-state index in [4.69, 9.17) is 0 Å². The van der Waals surface area contributed by atoms with Crippen LogP contribution in [0.4, 0.5) is 5.69 Å². The van der Waals surface area contributed by atoms with Gasteiger partial charge in [-0.1, -0.05) is 18.6 Å². The molecule has 0 N–H and O–H groups in total. The van der Waals surface area contributed by atoms with Crippen LogP contribution in [0.25, 0.3) is 10.9 Å². The van der Waals surface area contributed by atoms with Crippen molar-refractivity contribution in [2.24, 2.45) is 11.8 Å². The monoisotopic (exact) mass is 344 g/mol. The van der Waals surface area contributed by atoms with Crippen LogP contribution in [0.3, 0.4) is 0 Å². The Morgan fingerprint density at radius 2 is 1.86 bits per heavy atom. The lowest BCUT2D eigenvalue weighted by Crippen LogP contribution is -2.31. The first-order valence-electron chi connectivity index (χ1n) is 7.09. The van der Waals surface area contributed by atoms with Crippen LogP contribution in [-0.2, 0) is 9.59 Å². The summed E-state index contributed by atoms with van der Waals surface area (Å²) in [5.74, 6) is -0.356. The van der Waals surface area contributed by atoms with Crippen molar-refractivity contribution >= 4 is 44.3 Å². The minimum atomic E-state index is -0.122. The summed E-state index contributed by atoms with van der Waals surface area (Å²) in [5.41, 5.74) is 1.31. The second-order valence-electron chi connectivity index (χ2n) is 5.66. The van der Waals surface area contributed by atoms with Crippen molar-refractivity contribution in [2.75, 3.05) is 4.90 Å². The Labute approximate surface area is 130 Å². The maximum atomic E-state index is 12.6. The van der Waals surface area contributed by atoms with Crippen molar-refractivity contribution in [3.05, 3.63) is 34.9 Å². The number of aromatic nitrogens is 1. The van der Waals surface area contributed by atoms with Gasteiger partial charge in [-0.05, 0) is 40.9 Å². The van der Waals surface area contributed by atoms with Gasteiger partial charge in [-0.2, -0.15) is 0 Å². The maximum Gasteiger partial charge on any atom is 0.237 e. The molecular formula is C16H13BrN2O2. The van der Waals surface area contributed by atoms with Crippen LogP contribution < -0.4 is 4.90 Å². The number of para-hydroxylation sites is 1. The van der Waals surface area contributed by atoms with Crippen LogP contribution in [0.5, 0.6) is 0 Å². The molecule has 1 aliphatic carbocycles. The molecule has 2 aromatic rings. The molecule has 1 aromatic carbocycles. The third kappa shape index (κ3) is 1.83. The van der Waals surface area contributed by atoms with E-state index < -0.39 is 0 Å². The average molecular weight is 345 g/mol. The molecule has 21 heavy (non-hydrogen) atoms. The van der Waals surface area contributed by atoms with Gasteiger partial charge in [0.15, 0.2) is 0 Å². The molecule has 1 saturated carbocycles. The van der Waals surface area contributed by atoms with E-state index in [0.29, 0.717) is 11.2 Å². The number of fused-ring (bicyclic) bond motifs is 2. The first-order valence-corrected chi connectivity index (χ1v) is 7.88. The summed E-state index contributed by atoms with van der Waals surface area (Å²) in [6.07, 6.45) is 4.32. The highest BCUT2D eigenvalue weighted by molar-refractivity contribution is 9.10. The molecule has 2 atom stereocenters. The van der Waals surface area contributed by atoms with Crippen LogP contribution in [-0.4, -0.2) is 16.8 Å². The van der Waals surface area contributed by atoms with E-state index >= 15 is 0 Å². The molecule has 0 bridgehead atoms. The first kappa shape index (κ1) is 13.0. The van der Waals surface area contributed by atoms with Crippen LogP contribution in [0.1, 0.15) is 19.3 Å². The fourth-order valence-electron chi connectivity index (χ4n) is 3.53. The predicted octanol–water partition coefficient (Wildman–Crippen LogP) is 3.29. The molecule has 1 aromatic heterocycles. The van der Waals surface area contributed by atoms with E-state index in [1.165, 1.54) is 4.90 Å². The van der Waals surface area contributed by atoms with E-state index in [1.807, 2.05) is 18.2 Å². The quantitative estimate of drug-likeness (QED) is 0.746. The van der Waals surface area contributed by atoms with E-state index in [2.05, 4.69) is 20.9 Å². The molecule has 4 rings (SSSR count). The third-order valence-electron chi connectivity index (χ3n) is 4.49. The molecule has 2 amide bonds. The molecule has 0 radical (unpaired) electrons. The van der Waals surface area contributed by atoms with Gasteiger partial charge >= 0.3 is 0 Å². The smallest absolute Gasteiger partial charge is 0.237 e. The van der Waals surface area contributed by atoms with Gasteiger partial charge in [0.1, 0.15) is 0 Å². The molecule has 4 nitrogen and oxygen atoms in total. The van der Waals surface area contributed by atoms with Crippen LogP contribution in [0.2, 0.25) is 0 Å². The number of carbonyl (C=O) groups excluding carboxylic acids is 2. The zero-order chi connectivity index (χ0) is 14.6. The summed E-state index contributed by atoms with van der Waals surface area (Å²) in [6.45, 7) is 0. The Morgan fingerprint density at radius 3 is 2.57 bits per heavy atom. The standard InChI is InChI=1S/C16H13BrN2O2/c17-10-7-9-3-1-6-13(14(9)18-8-10)19-15(20)11-4-2-5-12(11)16(19)21/h1,3,6-8,11-12H,2,4-5H2. The number of hydrogen-bond donors (Lipinski definition) is 0. The zero-order valence-electron chi connectivity index (χ0n) is 11.3. The molecule has 1 aliphatic heterocycles. The molecule has 1 saturated heterocycles. The maximum absolute atomic E-state index is 12.6. The van der Waals surface area contributed by atoms with Gasteiger partial charge in [0, 0.05) is 16.1 Å². The fourth-order valence-corrected chi connectivity index (χ4v) is 3.88. The van der Waals surface area contributed by atoms with E-state index in [1.54, 1.807) is 12.3 Å². The van der Waals surface area contributed by atoms with Crippen molar-refractivity contribution in [3.63, 3.8) is 0 Å². The lowest BCUT2D eigenvalue weighted by atomic mass is 10.00. The van der Waals surface area contributed by atoms with Crippen molar-refractivity contribution in [2.45, 2.75) is 19.3 Å². The average Bonchev–Trinajstić information content (AvgIpc) is 3.03. The van der Waals surface area contributed by atoms with E-state index in [0.717, 1.165) is 29.1 Å². The normalized spacial score (nSPS) is 24.9. The van der Waals surface area contributed by atoms with E-state index in [9.17, 15) is 9.59 Å². The lowest BCUT2D eigenvalue weighted by molar-refractivity contribution is -0.122. The second-order valence-corrected chi connectivity index (χ2v) is 6.57. The first-order chi connectivity index (χ1) is 10.2. The predicted molar refractivity (Wildman–Crippen MR) is 82.8 cm³/mol. The summed E-state index contributed by atoms with van der Waals surface area (Å²) in [5, 5.41) is 0.916. The van der Waals surface area contributed by atoms with Crippen LogP contribution >= 0.6 is 15.9 Å². The molecule has 5 heteroatoms. The van der Waals surface area contributed by atoms with Gasteiger partial charge in [0.25, 0.3) is 0 Å². The van der Waals surface area contributed by atoms with Crippen molar-refractivity contribution in [3.8, 4) is 0 Å². The Kier molecular flexibility index (Phi) is 2.85. The van der Waals surface area contributed by atoms with Gasteiger partial charge in [0.05, 0.1) is 23.0 Å². The minimum absolute atomic E-state index is 0.0558. The number of imide groups is 1. The fraction of sp³-hybridized carbons (Fsp3) is 0.312. The summed E-state index contributed by atoms with van der Waals surface area (Å²) < 4.78 is 0.878. The van der Waals surface area contributed by atoms with E-state index in [-0.39, 0.29) is 23.7 Å². The summed E-state index contributed by atoms with van der Waals surface area (Å²) in [4.78, 5) is 30.9. The SMILES string of the molecule is O=C1C2CCCC2C(=O)N1c1cccc2cc(Br)cnc12. The Hall–Kier alpha value is -1.75. The molecule has 2 aliphatic rings. The molecule has 0 spiro atoms. The molecule has 2 unspecified atom stereocenters. The topological polar surface area (TPSA) is 50.3 Å². The largest absolute Gasteiger partial charge is 0.274 e. The molecule has 2 heterocycles. The van der Waals surface area contributed by atoms with Gasteiger partial charge in [-0.15, -0.1) is 0 Å². The number of hydrogen-bond acceptors (Lipinski definition) is 3. The number of rotatable bonds is 1. The molecule has 106 valence electrons. The number of nitrogens with zero attached hydrogens (tertiary/aromatic N) is 2. The highest BCUT2D eigenvalue weighted by Crippen LogP contribution is 2.42. The number of pyridine rings is 1. The second kappa shape index (κ2) is 4.63. The van der Waals surface area contributed by atoms with Crippen molar-refractivity contribution in [1.29, 1.82) is 0 Å². The minimum Gasteiger partial charge on any atom is -0.274 e. The third-order valence-corrected chi connectivity index (χ3v) is 4.92. The number of halogens is 1. The number of carbonyl (C=O) groups is 2. The molecular weight excluding hydrogens is 332 g/mol. The highest BCUT2D eigenvalue weighted by atomic mass is 79.9. The lowest BCUT2D eigenvalue weighted by Gasteiger charge is -2.17.